The lowest BCUT2D eigenvalue weighted by molar-refractivity contribution is -0.147. The highest BCUT2D eigenvalue weighted by atomic mass is 16.2. The molecule has 0 unspecified atom stereocenters. The third-order valence-corrected chi connectivity index (χ3v) is 6.18. The van der Waals surface area contributed by atoms with E-state index in [0.29, 0.717) is 39.1 Å². The zero-order chi connectivity index (χ0) is 23.4. The van der Waals surface area contributed by atoms with Gasteiger partial charge in [0.2, 0.25) is 29.5 Å². The van der Waals surface area contributed by atoms with E-state index in [9.17, 15) is 24.0 Å². The van der Waals surface area contributed by atoms with Crippen molar-refractivity contribution in [2.75, 3.05) is 39.3 Å². The molecule has 3 aliphatic heterocycles. The molecule has 2 saturated heterocycles. The van der Waals surface area contributed by atoms with Crippen LogP contribution in [0.25, 0.3) is 0 Å². The van der Waals surface area contributed by atoms with Gasteiger partial charge >= 0.3 is 0 Å². The van der Waals surface area contributed by atoms with Crippen molar-refractivity contribution in [2.45, 2.75) is 32.1 Å². The Hall–Kier alpha value is -3.56. The summed E-state index contributed by atoms with van der Waals surface area (Å²) in [5.74, 6) is -1.23. The minimum absolute atomic E-state index is 0.0860. The number of hydrogen-bond acceptors (Lipinski definition) is 6. The van der Waals surface area contributed by atoms with Gasteiger partial charge in [0.25, 0.3) is 0 Å². The van der Waals surface area contributed by atoms with Gasteiger partial charge in [-0.05, 0) is 5.56 Å². The van der Waals surface area contributed by atoms with Gasteiger partial charge in [0.1, 0.15) is 6.54 Å². The Bertz CT molecular complexity index is 968. The quantitative estimate of drug-likeness (QED) is 0.573. The molecule has 0 bridgehead atoms. The first-order chi connectivity index (χ1) is 15.9. The summed E-state index contributed by atoms with van der Waals surface area (Å²) in [4.78, 5) is 65.1. The van der Waals surface area contributed by atoms with Crippen molar-refractivity contribution in [3.05, 3.63) is 35.9 Å². The highest BCUT2D eigenvalue weighted by molar-refractivity contribution is 6.04. The maximum absolute atomic E-state index is 12.6. The van der Waals surface area contributed by atoms with Crippen molar-refractivity contribution >= 4 is 35.2 Å². The number of likely N-dealkylation sites (tertiary alicyclic amines) is 1. The van der Waals surface area contributed by atoms with E-state index >= 15 is 0 Å². The van der Waals surface area contributed by atoms with Crippen LogP contribution in [0.5, 0.6) is 0 Å². The standard InChI is InChI=1S/C23H27N5O5/c29-19(6-9-22(32)28-11-10-18(24-28)17-4-2-1-3-5-17)25-12-14-26(15-13-25)23(33)16-27-20(30)7-8-21(27)31/h1-5H,6-16H2. The Morgan fingerprint density at radius 3 is 1.94 bits per heavy atom. The molecule has 0 aromatic heterocycles. The second kappa shape index (κ2) is 9.93. The Labute approximate surface area is 191 Å². The molecular weight excluding hydrogens is 426 g/mol. The molecule has 0 spiro atoms. The second-order valence-corrected chi connectivity index (χ2v) is 8.31. The number of carbonyl (C=O) groups excluding carboxylic acids is 5. The van der Waals surface area contributed by atoms with Gasteiger partial charge in [0, 0.05) is 58.3 Å². The fourth-order valence-electron chi connectivity index (χ4n) is 4.21. The van der Waals surface area contributed by atoms with Crippen molar-refractivity contribution in [3.8, 4) is 0 Å². The SMILES string of the molecule is O=C(CCC(=O)N1CCC(c2ccccc2)=N1)N1CCN(C(=O)CN2C(=O)CCC2=O)CC1. The predicted molar refractivity (Wildman–Crippen MR) is 118 cm³/mol. The summed E-state index contributed by atoms with van der Waals surface area (Å²) in [5, 5.41) is 5.85. The van der Waals surface area contributed by atoms with Crippen LogP contribution in [0.3, 0.4) is 0 Å². The summed E-state index contributed by atoms with van der Waals surface area (Å²) in [6, 6.07) is 9.71. The number of nitrogens with zero attached hydrogens (tertiary/aromatic N) is 5. The van der Waals surface area contributed by atoms with Gasteiger partial charge in [-0.15, -0.1) is 0 Å². The lowest BCUT2D eigenvalue weighted by atomic mass is 10.1. The topological polar surface area (TPSA) is 111 Å². The molecule has 174 valence electrons. The maximum Gasteiger partial charge on any atom is 0.243 e. The van der Waals surface area contributed by atoms with E-state index in [-0.39, 0.29) is 61.8 Å². The van der Waals surface area contributed by atoms with Crippen LogP contribution in [0, 0.1) is 0 Å². The van der Waals surface area contributed by atoms with E-state index in [4.69, 9.17) is 0 Å². The van der Waals surface area contributed by atoms with E-state index in [1.165, 1.54) is 5.01 Å². The Kier molecular flexibility index (Phi) is 6.81. The number of hydrogen-bond donors (Lipinski definition) is 0. The molecule has 10 heteroatoms. The van der Waals surface area contributed by atoms with Crippen LogP contribution >= 0.6 is 0 Å². The predicted octanol–water partition coefficient (Wildman–Crippen LogP) is 0.223. The van der Waals surface area contributed by atoms with Crippen molar-refractivity contribution in [3.63, 3.8) is 0 Å². The normalized spacial score (nSPS) is 18.7. The summed E-state index contributed by atoms with van der Waals surface area (Å²) in [5.41, 5.74) is 1.86. The van der Waals surface area contributed by atoms with Gasteiger partial charge in [-0.2, -0.15) is 5.10 Å². The molecule has 2 fully saturated rings. The number of rotatable bonds is 6. The molecule has 3 heterocycles. The molecule has 0 saturated carbocycles. The zero-order valence-corrected chi connectivity index (χ0v) is 18.4. The van der Waals surface area contributed by atoms with Crippen LogP contribution < -0.4 is 0 Å². The van der Waals surface area contributed by atoms with Gasteiger partial charge in [-0.25, -0.2) is 5.01 Å². The average Bonchev–Trinajstić information content (AvgIpc) is 3.46. The fourth-order valence-corrected chi connectivity index (χ4v) is 4.21. The van der Waals surface area contributed by atoms with Gasteiger partial charge in [0.15, 0.2) is 0 Å². The largest absolute Gasteiger partial charge is 0.339 e. The molecule has 0 atom stereocenters. The van der Waals surface area contributed by atoms with Crippen LogP contribution in [0.15, 0.2) is 35.4 Å². The summed E-state index contributed by atoms with van der Waals surface area (Å²) >= 11 is 0. The van der Waals surface area contributed by atoms with Crippen molar-refractivity contribution in [2.24, 2.45) is 5.10 Å². The number of benzene rings is 1. The molecule has 3 aliphatic rings. The minimum atomic E-state index is -0.315. The summed E-state index contributed by atoms with van der Waals surface area (Å²) in [7, 11) is 0. The maximum atomic E-state index is 12.6. The first-order valence-electron chi connectivity index (χ1n) is 11.2. The molecular formula is C23H27N5O5. The molecule has 0 N–H and O–H groups in total. The molecule has 0 aliphatic carbocycles. The summed E-state index contributed by atoms with van der Waals surface area (Å²) in [6.45, 7) is 1.68. The molecule has 0 radical (unpaired) electrons. The highest BCUT2D eigenvalue weighted by Gasteiger charge is 2.33. The fraction of sp³-hybridized carbons (Fsp3) is 0.478. The number of hydrazone groups is 1. The second-order valence-electron chi connectivity index (χ2n) is 8.31. The summed E-state index contributed by atoms with van der Waals surface area (Å²) in [6.07, 6.45) is 1.18. The molecule has 4 rings (SSSR count). The van der Waals surface area contributed by atoms with Gasteiger partial charge in [-0.3, -0.25) is 28.9 Å². The molecule has 10 nitrogen and oxygen atoms in total. The molecule has 33 heavy (non-hydrogen) atoms. The lowest BCUT2D eigenvalue weighted by Crippen LogP contribution is -2.53. The molecule has 5 amide bonds. The number of imide groups is 1. The van der Waals surface area contributed by atoms with E-state index in [1.54, 1.807) is 9.80 Å². The van der Waals surface area contributed by atoms with Crippen molar-refractivity contribution < 1.29 is 24.0 Å². The van der Waals surface area contributed by atoms with Gasteiger partial charge in [-0.1, -0.05) is 30.3 Å². The Morgan fingerprint density at radius 2 is 1.30 bits per heavy atom. The van der Waals surface area contributed by atoms with Crippen LogP contribution in [0.4, 0.5) is 0 Å². The van der Waals surface area contributed by atoms with Crippen LogP contribution in [-0.2, 0) is 24.0 Å². The van der Waals surface area contributed by atoms with Crippen molar-refractivity contribution in [1.82, 2.24) is 19.7 Å². The Morgan fingerprint density at radius 1 is 0.727 bits per heavy atom. The molecule has 1 aromatic rings. The van der Waals surface area contributed by atoms with E-state index in [0.717, 1.165) is 16.2 Å². The number of piperazine rings is 1. The van der Waals surface area contributed by atoms with Crippen LogP contribution in [0.2, 0.25) is 0 Å². The van der Waals surface area contributed by atoms with E-state index in [1.807, 2.05) is 30.3 Å². The highest BCUT2D eigenvalue weighted by Crippen LogP contribution is 2.16. The van der Waals surface area contributed by atoms with Crippen LogP contribution in [-0.4, -0.2) is 94.2 Å². The lowest BCUT2D eigenvalue weighted by Gasteiger charge is -2.35. The van der Waals surface area contributed by atoms with E-state index in [2.05, 4.69) is 5.10 Å². The third-order valence-electron chi connectivity index (χ3n) is 6.18. The number of amides is 5. The summed E-state index contributed by atoms with van der Waals surface area (Å²) < 4.78 is 0. The third kappa shape index (κ3) is 5.27. The van der Waals surface area contributed by atoms with Crippen molar-refractivity contribution in [1.29, 1.82) is 0 Å². The Balaban J connectivity index is 1.20. The zero-order valence-electron chi connectivity index (χ0n) is 18.4. The van der Waals surface area contributed by atoms with Gasteiger partial charge in [0.05, 0.1) is 12.3 Å². The number of carbonyl (C=O) groups is 5. The van der Waals surface area contributed by atoms with Crippen LogP contribution in [0.1, 0.15) is 37.7 Å². The smallest absolute Gasteiger partial charge is 0.243 e. The molecule has 1 aromatic carbocycles. The first-order valence-corrected chi connectivity index (χ1v) is 11.2. The van der Waals surface area contributed by atoms with E-state index < -0.39 is 0 Å². The minimum Gasteiger partial charge on any atom is -0.339 e. The average molecular weight is 453 g/mol. The van der Waals surface area contributed by atoms with Gasteiger partial charge < -0.3 is 9.80 Å². The monoisotopic (exact) mass is 453 g/mol. The first kappa shape index (κ1) is 22.6.